The largest absolute Gasteiger partial charge is 0.489 e. The molecular weight excluding hydrogens is 274 g/mol. The fraction of sp³-hybridized carbons (Fsp3) is 0.625. The Morgan fingerprint density at radius 1 is 1.30 bits per heavy atom. The van der Waals surface area contributed by atoms with Crippen molar-refractivity contribution in [2.45, 2.75) is 45.6 Å². The van der Waals surface area contributed by atoms with E-state index in [0.717, 1.165) is 53.3 Å². The molecule has 1 atom stereocenters. The second-order valence-electron chi connectivity index (χ2n) is 6.60. The highest BCUT2D eigenvalue weighted by Crippen LogP contribution is 2.48. The molecule has 1 aliphatic carbocycles. The molecule has 1 aromatic rings. The van der Waals surface area contributed by atoms with Crippen LogP contribution < -0.4 is 15.2 Å². The molecule has 1 heterocycles. The minimum Gasteiger partial charge on any atom is -0.489 e. The zero-order chi connectivity index (χ0) is 14.3. The molecule has 3 rings (SSSR count). The average Bonchev–Trinajstić information content (AvgIpc) is 2.65. The lowest BCUT2D eigenvalue weighted by atomic mass is 9.83. The van der Waals surface area contributed by atoms with Gasteiger partial charge in [0, 0.05) is 29.1 Å². The van der Waals surface area contributed by atoms with Gasteiger partial charge in [0.25, 0.3) is 0 Å². The van der Waals surface area contributed by atoms with E-state index in [2.05, 4.69) is 13.8 Å². The van der Waals surface area contributed by atoms with Gasteiger partial charge < -0.3 is 15.2 Å². The Morgan fingerprint density at radius 3 is 2.85 bits per heavy atom. The van der Waals surface area contributed by atoms with Crippen LogP contribution in [0.15, 0.2) is 6.07 Å². The van der Waals surface area contributed by atoms with Gasteiger partial charge in [-0.3, -0.25) is 0 Å². The van der Waals surface area contributed by atoms with Crippen molar-refractivity contribution >= 4 is 11.6 Å². The van der Waals surface area contributed by atoms with Crippen LogP contribution in [-0.2, 0) is 6.42 Å². The summed E-state index contributed by atoms with van der Waals surface area (Å²) in [6.45, 7) is 5.88. The molecule has 0 saturated carbocycles. The van der Waals surface area contributed by atoms with E-state index in [4.69, 9.17) is 26.8 Å². The highest BCUT2D eigenvalue weighted by atomic mass is 35.5. The predicted octanol–water partition coefficient (Wildman–Crippen LogP) is 3.86. The highest BCUT2D eigenvalue weighted by Gasteiger charge is 2.33. The molecule has 4 heteroatoms. The van der Waals surface area contributed by atoms with Crippen LogP contribution in [-0.4, -0.2) is 13.2 Å². The van der Waals surface area contributed by atoms with E-state index in [9.17, 15) is 0 Å². The molecule has 0 amide bonds. The van der Waals surface area contributed by atoms with E-state index in [1.54, 1.807) is 0 Å². The van der Waals surface area contributed by atoms with Crippen LogP contribution in [0.3, 0.4) is 0 Å². The summed E-state index contributed by atoms with van der Waals surface area (Å²) in [7, 11) is 0. The summed E-state index contributed by atoms with van der Waals surface area (Å²) in [5.41, 5.74) is 8.91. The number of fused-ring (bicyclic) bond motifs is 3. The van der Waals surface area contributed by atoms with Gasteiger partial charge in [-0.05, 0) is 30.2 Å². The Labute approximate surface area is 125 Å². The topological polar surface area (TPSA) is 44.5 Å². The van der Waals surface area contributed by atoms with Gasteiger partial charge in [0.2, 0.25) is 0 Å². The van der Waals surface area contributed by atoms with Crippen molar-refractivity contribution in [1.29, 1.82) is 0 Å². The maximum Gasteiger partial charge on any atom is 0.166 e. The minimum absolute atomic E-state index is 0.0448. The zero-order valence-corrected chi connectivity index (χ0v) is 12.9. The van der Waals surface area contributed by atoms with Gasteiger partial charge in [0.05, 0.1) is 13.2 Å². The maximum absolute atomic E-state index is 6.47. The molecule has 0 aromatic heterocycles. The van der Waals surface area contributed by atoms with Crippen molar-refractivity contribution < 1.29 is 9.47 Å². The summed E-state index contributed by atoms with van der Waals surface area (Å²) in [4.78, 5) is 0. The number of benzene rings is 1. The van der Waals surface area contributed by atoms with Gasteiger partial charge in [-0.25, -0.2) is 0 Å². The van der Waals surface area contributed by atoms with Crippen molar-refractivity contribution in [3.63, 3.8) is 0 Å². The van der Waals surface area contributed by atoms with Crippen LogP contribution in [0.5, 0.6) is 11.5 Å². The lowest BCUT2D eigenvalue weighted by Crippen LogP contribution is -2.20. The Morgan fingerprint density at radius 2 is 2.05 bits per heavy atom. The lowest BCUT2D eigenvalue weighted by molar-refractivity contribution is 0.284. The Hall–Kier alpha value is -0.930. The highest BCUT2D eigenvalue weighted by molar-refractivity contribution is 6.31. The van der Waals surface area contributed by atoms with Gasteiger partial charge in [-0.1, -0.05) is 25.4 Å². The molecule has 3 nitrogen and oxygen atoms in total. The standard InChI is InChI=1S/C16H22ClNO2/c1-16(2)5-4-10-11(17)8-13-15(14(10)12(18)9-16)20-7-3-6-19-13/h8,12H,3-7,9,18H2,1-2H3. The van der Waals surface area contributed by atoms with Gasteiger partial charge in [0.15, 0.2) is 11.5 Å². The van der Waals surface area contributed by atoms with E-state index >= 15 is 0 Å². The van der Waals surface area contributed by atoms with Crippen LogP contribution in [0.1, 0.15) is 50.3 Å². The van der Waals surface area contributed by atoms with Gasteiger partial charge in [0.1, 0.15) is 0 Å². The number of hydrogen-bond donors (Lipinski definition) is 1. The molecule has 0 spiro atoms. The van der Waals surface area contributed by atoms with E-state index in [1.165, 1.54) is 0 Å². The summed E-state index contributed by atoms with van der Waals surface area (Å²) in [5.74, 6) is 1.58. The monoisotopic (exact) mass is 295 g/mol. The molecule has 2 aliphatic rings. The second kappa shape index (κ2) is 5.12. The Bertz CT molecular complexity index is 528. The average molecular weight is 296 g/mol. The third-order valence-corrected chi connectivity index (χ3v) is 4.66. The number of nitrogens with two attached hydrogens (primary N) is 1. The first-order valence-electron chi connectivity index (χ1n) is 7.34. The van der Waals surface area contributed by atoms with Crippen molar-refractivity contribution in [3.05, 3.63) is 22.2 Å². The summed E-state index contributed by atoms with van der Waals surface area (Å²) >= 11 is 6.47. The fourth-order valence-electron chi connectivity index (χ4n) is 3.25. The summed E-state index contributed by atoms with van der Waals surface area (Å²) in [5, 5.41) is 0.761. The quantitative estimate of drug-likeness (QED) is 0.739. The Kier molecular flexibility index (Phi) is 3.59. The third kappa shape index (κ3) is 2.49. The molecule has 110 valence electrons. The smallest absolute Gasteiger partial charge is 0.166 e. The van der Waals surface area contributed by atoms with E-state index < -0.39 is 0 Å². The van der Waals surface area contributed by atoms with Crippen molar-refractivity contribution in [1.82, 2.24) is 0 Å². The first-order chi connectivity index (χ1) is 9.48. The van der Waals surface area contributed by atoms with Crippen LogP contribution in [0.25, 0.3) is 0 Å². The molecule has 0 fully saturated rings. The normalized spacial score (nSPS) is 24.5. The van der Waals surface area contributed by atoms with Crippen LogP contribution >= 0.6 is 11.6 Å². The molecule has 0 saturated heterocycles. The van der Waals surface area contributed by atoms with E-state index in [0.29, 0.717) is 13.2 Å². The van der Waals surface area contributed by atoms with Crippen LogP contribution in [0, 0.1) is 5.41 Å². The third-order valence-electron chi connectivity index (χ3n) is 4.33. The van der Waals surface area contributed by atoms with Gasteiger partial charge in [-0.2, -0.15) is 0 Å². The number of halogens is 1. The van der Waals surface area contributed by atoms with Crippen molar-refractivity contribution in [3.8, 4) is 11.5 Å². The maximum atomic E-state index is 6.47. The Balaban J connectivity index is 2.14. The number of hydrogen-bond acceptors (Lipinski definition) is 3. The minimum atomic E-state index is -0.0448. The van der Waals surface area contributed by atoms with Crippen LogP contribution in [0.4, 0.5) is 0 Å². The van der Waals surface area contributed by atoms with Gasteiger partial charge >= 0.3 is 0 Å². The second-order valence-corrected chi connectivity index (χ2v) is 7.01. The number of rotatable bonds is 0. The van der Waals surface area contributed by atoms with E-state index in [1.807, 2.05) is 6.07 Å². The first kappa shape index (κ1) is 14.0. The summed E-state index contributed by atoms with van der Waals surface area (Å²) < 4.78 is 11.7. The zero-order valence-electron chi connectivity index (χ0n) is 12.2. The molecular formula is C16H22ClNO2. The van der Waals surface area contributed by atoms with E-state index in [-0.39, 0.29) is 11.5 Å². The molecule has 1 unspecified atom stereocenters. The molecule has 1 aliphatic heterocycles. The molecule has 0 radical (unpaired) electrons. The van der Waals surface area contributed by atoms with Crippen LogP contribution in [0.2, 0.25) is 5.02 Å². The van der Waals surface area contributed by atoms with Crippen molar-refractivity contribution in [2.75, 3.05) is 13.2 Å². The molecule has 2 N–H and O–H groups in total. The number of ether oxygens (including phenoxy) is 2. The molecule has 20 heavy (non-hydrogen) atoms. The predicted molar refractivity (Wildman–Crippen MR) is 80.7 cm³/mol. The lowest BCUT2D eigenvalue weighted by Gasteiger charge is -2.25. The SMILES string of the molecule is CC1(C)CCc2c(Cl)cc3c(c2C(N)C1)OCCCO3. The fourth-order valence-corrected chi connectivity index (χ4v) is 3.54. The summed E-state index contributed by atoms with van der Waals surface area (Å²) in [6, 6.07) is 1.85. The molecule has 1 aromatic carbocycles. The molecule has 0 bridgehead atoms. The first-order valence-corrected chi connectivity index (χ1v) is 7.72. The van der Waals surface area contributed by atoms with Gasteiger partial charge in [-0.15, -0.1) is 0 Å². The van der Waals surface area contributed by atoms with Crippen molar-refractivity contribution in [2.24, 2.45) is 11.1 Å². The summed E-state index contributed by atoms with van der Waals surface area (Å²) in [6.07, 6.45) is 3.87.